The maximum absolute atomic E-state index is 13.0. The van der Waals surface area contributed by atoms with Crippen molar-refractivity contribution in [1.82, 2.24) is 14.8 Å². The van der Waals surface area contributed by atoms with Crippen LogP contribution in [0.15, 0.2) is 102 Å². The average Bonchev–Trinajstić information content (AvgIpc) is 3.33. The molecule has 5 rings (SSSR count). The zero-order valence-corrected chi connectivity index (χ0v) is 20.7. The molecule has 0 bridgehead atoms. The summed E-state index contributed by atoms with van der Waals surface area (Å²) in [5, 5.41) is 13.5. The fraction of sp³-hybridized carbons (Fsp3) is 0.107. The van der Waals surface area contributed by atoms with Crippen LogP contribution in [-0.4, -0.2) is 26.4 Å². The summed E-state index contributed by atoms with van der Waals surface area (Å²) >= 11 is 1.12. The zero-order valence-electron chi connectivity index (χ0n) is 19.9. The molecule has 1 amide bonds. The molecule has 0 aliphatic rings. The highest BCUT2D eigenvalue weighted by atomic mass is 32.2. The minimum Gasteiger partial charge on any atom is -0.485 e. The van der Waals surface area contributed by atoms with E-state index in [1.54, 1.807) is 4.57 Å². The fourth-order valence-electron chi connectivity index (χ4n) is 3.89. The van der Waals surface area contributed by atoms with Gasteiger partial charge in [0, 0.05) is 16.8 Å². The van der Waals surface area contributed by atoms with E-state index < -0.39 is 17.6 Å². The minimum absolute atomic E-state index is 0.0686. The van der Waals surface area contributed by atoms with Crippen LogP contribution in [-0.2, 0) is 17.6 Å². The number of aromatic nitrogens is 3. The summed E-state index contributed by atoms with van der Waals surface area (Å²) in [6.07, 6.45) is -4.49. The van der Waals surface area contributed by atoms with Crippen LogP contribution >= 0.6 is 11.8 Å². The van der Waals surface area contributed by atoms with Gasteiger partial charge in [-0.1, -0.05) is 72.4 Å². The first kappa shape index (κ1) is 25.3. The standard InChI is InChI=1S/C28H21F3N4O2S/c29-28(30,31)20-10-7-11-21(16-20)32-26(36)18-38-27-34-33-25(35(27)22-12-2-1-3-13-22)17-37-24-15-6-9-19-8-4-5-14-23(19)24/h1-16H,17-18H2,(H,32,36). The lowest BCUT2D eigenvalue weighted by atomic mass is 10.1. The van der Waals surface area contributed by atoms with Gasteiger partial charge < -0.3 is 10.1 Å². The third-order valence-electron chi connectivity index (χ3n) is 5.63. The Balaban J connectivity index is 1.33. The molecule has 4 aromatic carbocycles. The van der Waals surface area contributed by atoms with Gasteiger partial charge in [0.2, 0.25) is 5.91 Å². The number of ether oxygens (including phenoxy) is 1. The predicted molar refractivity (Wildman–Crippen MR) is 140 cm³/mol. The van der Waals surface area contributed by atoms with Gasteiger partial charge in [0.05, 0.1) is 11.3 Å². The van der Waals surface area contributed by atoms with Crippen molar-refractivity contribution >= 4 is 34.1 Å². The Labute approximate surface area is 220 Å². The van der Waals surface area contributed by atoms with Gasteiger partial charge >= 0.3 is 6.18 Å². The second kappa shape index (κ2) is 11.0. The van der Waals surface area contributed by atoms with Gasteiger partial charge in [-0.15, -0.1) is 10.2 Å². The van der Waals surface area contributed by atoms with E-state index in [2.05, 4.69) is 15.5 Å². The summed E-state index contributed by atoms with van der Waals surface area (Å²) in [4.78, 5) is 12.5. The first-order valence-electron chi connectivity index (χ1n) is 11.6. The smallest absolute Gasteiger partial charge is 0.416 e. The van der Waals surface area contributed by atoms with Crippen LogP contribution in [0.5, 0.6) is 5.75 Å². The lowest BCUT2D eigenvalue weighted by molar-refractivity contribution is -0.137. The summed E-state index contributed by atoms with van der Waals surface area (Å²) < 4.78 is 46.9. The van der Waals surface area contributed by atoms with E-state index in [4.69, 9.17) is 4.74 Å². The number of anilines is 1. The lowest BCUT2D eigenvalue weighted by Gasteiger charge is -2.12. The number of halogens is 3. The fourth-order valence-corrected chi connectivity index (χ4v) is 4.66. The van der Waals surface area contributed by atoms with E-state index >= 15 is 0 Å². The maximum Gasteiger partial charge on any atom is 0.416 e. The van der Waals surface area contributed by atoms with Crippen molar-refractivity contribution in [2.45, 2.75) is 17.9 Å². The van der Waals surface area contributed by atoms with Gasteiger partial charge in [-0.3, -0.25) is 9.36 Å². The Morgan fingerprint density at radius 3 is 2.45 bits per heavy atom. The first-order valence-corrected chi connectivity index (χ1v) is 12.6. The monoisotopic (exact) mass is 534 g/mol. The van der Waals surface area contributed by atoms with Crippen molar-refractivity contribution in [2.24, 2.45) is 0 Å². The summed E-state index contributed by atoms with van der Waals surface area (Å²) in [6, 6.07) is 27.6. The van der Waals surface area contributed by atoms with E-state index in [-0.39, 0.29) is 18.0 Å². The van der Waals surface area contributed by atoms with E-state index in [0.717, 1.165) is 40.4 Å². The number of amides is 1. The highest BCUT2D eigenvalue weighted by Crippen LogP contribution is 2.31. The Morgan fingerprint density at radius 1 is 0.895 bits per heavy atom. The topological polar surface area (TPSA) is 69.0 Å². The molecule has 0 aliphatic carbocycles. The quantitative estimate of drug-likeness (QED) is 0.223. The SMILES string of the molecule is O=C(CSc1nnc(COc2cccc3ccccc23)n1-c1ccccc1)Nc1cccc(C(F)(F)F)c1. The molecule has 0 atom stereocenters. The minimum atomic E-state index is -4.49. The number of benzene rings is 4. The molecule has 1 aromatic heterocycles. The van der Waals surface area contributed by atoms with Crippen molar-refractivity contribution in [3.63, 3.8) is 0 Å². The number of rotatable bonds is 8. The number of hydrogen-bond acceptors (Lipinski definition) is 5. The van der Waals surface area contributed by atoms with Crippen molar-refractivity contribution in [3.05, 3.63) is 108 Å². The highest BCUT2D eigenvalue weighted by molar-refractivity contribution is 7.99. The Kier molecular flexibility index (Phi) is 7.32. The molecule has 0 saturated carbocycles. The van der Waals surface area contributed by atoms with Crippen molar-refractivity contribution < 1.29 is 22.7 Å². The van der Waals surface area contributed by atoms with Gasteiger partial charge in [-0.2, -0.15) is 13.2 Å². The maximum atomic E-state index is 13.0. The van der Waals surface area contributed by atoms with E-state index in [0.29, 0.717) is 16.7 Å². The van der Waals surface area contributed by atoms with Crippen LogP contribution in [0.4, 0.5) is 18.9 Å². The zero-order chi connectivity index (χ0) is 26.5. The van der Waals surface area contributed by atoms with Gasteiger partial charge in [0.25, 0.3) is 0 Å². The van der Waals surface area contributed by atoms with E-state index in [9.17, 15) is 18.0 Å². The molecule has 38 heavy (non-hydrogen) atoms. The van der Waals surface area contributed by atoms with Crippen molar-refractivity contribution in [2.75, 3.05) is 11.1 Å². The summed E-state index contributed by atoms with van der Waals surface area (Å²) in [6.45, 7) is 0.132. The lowest BCUT2D eigenvalue weighted by Crippen LogP contribution is -2.15. The third kappa shape index (κ3) is 5.81. The Hall–Kier alpha value is -4.31. The van der Waals surface area contributed by atoms with Gasteiger partial charge in [-0.05, 0) is 41.8 Å². The normalized spacial score (nSPS) is 11.4. The Bertz CT molecular complexity index is 1570. The van der Waals surface area contributed by atoms with Crippen LogP contribution in [0.3, 0.4) is 0 Å². The molecule has 10 heteroatoms. The van der Waals surface area contributed by atoms with Crippen molar-refractivity contribution in [3.8, 4) is 11.4 Å². The number of alkyl halides is 3. The molecule has 0 radical (unpaired) electrons. The van der Waals surface area contributed by atoms with Crippen LogP contribution < -0.4 is 10.1 Å². The molecular formula is C28H21F3N4O2S. The molecule has 6 nitrogen and oxygen atoms in total. The molecule has 0 saturated heterocycles. The number of hydrogen-bond donors (Lipinski definition) is 1. The van der Waals surface area contributed by atoms with E-state index in [1.165, 1.54) is 12.1 Å². The van der Waals surface area contributed by atoms with Crippen molar-refractivity contribution in [1.29, 1.82) is 0 Å². The second-order valence-electron chi connectivity index (χ2n) is 8.25. The van der Waals surface area contributed by atoms with Crippen LogP contribution in [0.25, 0.3) is 16.5 Å². The number of para-hydroxylation sites is 1. The van der Waals surface area contributed by atoms with Crippen LogP contribution in [0.2, 0.25) is 0 Å². The highest BCUT2D eigenvalue weighted by Gasteiger charge is 2.30. The number of nitrogens with one attached hydrogen (secondary N) is 1. The first-order chi connectivity index (χ1) is 18.4. The second-order valence-corrected chi connectivity index (χ2v) is 9.19. The molecule has 192 valence electrons. The number of fused-ring (bicyclic) bond motifs is 1. The molecule has 1 N–H and O–H groups in total. The van der Waals surface area contributed by atoms with Gasteiger partial charge in [-0.25, -0.2) is 0 Å². The summed E-state index contributed by atoms with van der Waals surface area (Å²) in [7, 11) is 0. The van der Waals surface area contributed by atoms with Crippen LogP contribution in [0, 0.1) is 0 Å². The molecule has 1 heterocycles. The summed E-state index contributed by atoms with van der Waals surface area (Å²) in [5.74, 6) is 0.696. The van der Waals surface area contributed by atoms with Gasteiger partial charge in [0.15, 0.2) is 11.0 Å². The summed E-state index contributed by atoms with van der Waals surface area (Å²) in [5.41, 5.74) is 0.0246. The molecule has 0 aliphatic heterocycles. The predicted octanol–water partition coefficient (Wildman–Crippen LogP) is 6.75. The number of nitrogens with zero attached hydrogens (tertiary/aromatic N) is 3. The third-order valence-corrected chi connectivity index (χ3v) is 6.56. The number of carbonyl (C=O) groups excluding carboxylic acids is 1. The molecule has 0 spiro atoms. The van der Waals surface area contributed by atoms with Crippen LogP contribution in [0.1, 0.15) is 11.4 Å². The molecule has 0 fully saturated rings. The van der Waals surface area contributed by atoms with E-state index in [1.807, 2.05) is 72.8 Å². The molecule has 5 aromatic rings. The molecule has 0 unspecified atom stereocenters. The average molecular weight is 535 g/mol. The largest absolute Gasteiger partial charge is 0.485 e. The Morgan fingerprint density at radius 2 is 1.63 bits per heavy atom. The number of carbonyl (C=O) groups is 1. The molecular weight excluding hydrogens is 513 g/mol. The van der Waals surface area contributed by atoms with Gasteiger partial charge in [0.1, 0.15) is 12.4 Å². The number of thioether (sulfide) groups is 1.